The molecule has 0 radical (unpaired) electrons. The van der Waals surface area contributed by atoms with E-state index in [0.717, 1.165) is 12.8 Å². The number of aliphatic hydroxyl groups is 1. The van der Waals surface area contributed by atoms with Crippen LogP contribution in [0.4, 0.5) is 0 Å². The summed E-state index contributed by atoms with van der Waals surface area (Å²) in [6, 6.07) is 0. The molecule has 1 N–H and O–H groups in total. The predicted molar refractivity (Wildman–Crippen MR) is 157 cm³/mol. The van der Waals surface area contributed by atoms with Crippen molar-refractivity contribution in [1.82, 2.24) is 0 Å². The van der Waals surface area contributed by atoms with Crippen molar-refractivity contribution in [2.45, 2.75) is 100 Å². The minimum Gasteiger partial charge on any atom is -0.393 e. The Morgan fingerprint density at radius 2 is 1.34 bits per heavy atom. The van der Waals surface area contributed by atoms with Gasteiger partial charge in [0.1, 0.15) is 0 Å². The first-order chi connectivity index (χ1) is 16.5. The summed E-state index contributed by atoms with van der Waals surface area (Å²) >= 11 is 0. The largest absolute Gasteiger partial charge is 0.393 e. The van der Waals surface area contributed by atoms with E-state index in [1.54, 1.807) is 0 Å². The topological polar surface area (TPSA) is 20.2 Å². The summed E-state index contributed by atoms with van der Waals surface area (Å²) in [6.45, 7) is 17.7. The lowest BCUT2D eigenvalue weighted by Gasteiger charge is -2.43. The van der Waals surface area contributed by atoms with Gasteiger partial charge in [0.25, 0.3) is 0 Å². The Labute approximate surface area is 217 Å². The van der Waals surface area contributed by atoms with E-state index in [2.05, 4.69) is 128 Å². The lowest BCUT2D eigenvalue weighted by atomic mass is 9.63. The Morgan fingerprint density at radius 3 is 1.91 bits per heavy atom. The summed E-state index contributed by atoms with van der Waals surface area (Å²) < 4.78 is 0. The first-order valence-corrected chi connectivity index (χ1v) is 13.6. The molecule has 3 atom stereocenters. The van der Waals surface area contributed by atoms with Crippen LogP contribution in [0.1, 0.15) is 93.9 Å². The van der Waals surface area contributed by atoms with Crippen LogP contribution in [-0.2, 0) is 0 Å². The average Bonchev–Trinajstić information content (AvgIpc) is 2.75. The number of aliphatic hydroxyl groups excluding tert-OH is 1. The second kappa shape index (κ2) is 16.5. The van der Waals surface area contributed by atoms with Crippen molar-refractivity contribution in [2.24, 2.45) is 17.3 Å². The highest BCUT2D eigenvalue weighted by molar-refractivity contribution is 5.31. The molecule has 1 nitrogen and oxygen atoms in total. The number of allylic oxidation sites excluding steroid dienone is 16. The van der Waals surface area contributed by atoms with E-state index in [1.165, 1.54) is 48.0 Å². The predicted octanol–water partition coefficient (Wildman–Crippen LogP) is 10.0. The molecule has 0 aromatic rings. The molecule has 1 aliphatic carbocycles. The molecule has 0 heterocycles. The summed E-state index contributed by atoms with van der Waals surface area (Å²) in [6.07, 6.45) is 32.8. The van der Waals surface area contributed by atoms with Crippen LogP contribution in [0.2, 0.25) is 0 Å². The van der Waals surface area contributed by atoms with Gasteiger partial charge in [0.05, 0.1) is 6.10 Å². The molecule has 0 aromatic carbocycles. The van der Waals surface area contributed by atoms with Gasteiger partial charge in [-0.1, -0.05) is 136 Å². The fourth-order valence-corrected chi connectivity index (χ4v) is 4.91. The molecule has 0 aliphatic heterocycles. The van der Waals surface area contributed by atoms with E-state index in [0.29, 0.717) is 11.8 Å². The maximum atomic E-state index is 10.1. The number of hydrogen-bond acceptors (Lipinski definition) is 1. The van der Waals surface area contributed by atoms with Crippen molar-refractivity contribution in [3.63, 3.8) is 0 Å². The van der Waals surface area contributed by atoms with Gasteiger partial charge in [-0.05, 0) is 70.6 Å². The molecule has 194 valence electrons. The van der Waals surface area contributed by atoms with Gasteiger partial charge < -0.3 is 5.11 Å². The molecule has 1 fully saturated rings. The maximum Gasteiger partial charge on any atom is 0.0548 e. The fourth-order valence-electron chi connectivity index (χ4n) is 4.91. The lowest BCUT2D eigenvalue weighted by molar-refractivity contribution is 0.00772. The van der Waals surface area contributed by atoms with Crippen LogP contribution in [0.15, 0.2) is 95.2 Å². The minimum atomic E-state index is -0.157. The van der Waals surface area contributed by atoms with Gasteiger partial charge >= 0.3 is 0 Å². The molecule has 0 saturated heterocycles. The summed E-state index contributed by atoms with van der Waals surface area (Å²) in [5.74, 6) is 1.01. The SMILES string of the molecule is CCCCC/C(C)=C/C=C/C(C)=C/C=C/C=C(C)/C=C/C=C(C)/C=C/C1C(C)C[C@@H](O)CC1(C)C. The molecule has 0 aromatic heterocycles. The van der Waals surface area contributed by atoms with Crippen LogP contribution in [0, 0.1) is 17.3 Å². The normalized spacial score (nSPS) is 25.1. The van der Waals surface area contributed by atoms with Gasteiger partial charge in [0, 0.05) is 0 Å². The van der Waals surface area contributed by atoms with Crippen LogP contribution >= 0.6 is 0 Å². The molecule has 0 spiro atoms. The Kier molecular flexibility index (Phi) is 14.6. The van der Waals surface area contributed by atoms with Crippen molar-refractivity contribution >= 4 is 0 Å². The van der Waals surface area contributed by atoms with Gasteiger partial charge in [-0.15, -0.1) is 0 Å². The highest BCUT2D eigenvalue weighted by atomic mass is 16.3. The molecular formula is C34H52O. The Balaban J connectivity index is 2.57. The van der Waals surface area contributed by atoms with E-state index in [-0.39, 0.29) is 11.5 Å². The minimum absolute atomic E-state index is 0.141. The smallest absolute Gasteiger partial charge is 0.0548 e. The Hall–Kier alpha value is -2.12. The number of rotatable bonds is 12. The summed E-state index contributed by atoms with van der Waals surface area (Å²) in [7, 11) is 0. The molecular weight excluding hydrogens is 424 g/mol. The van der Waals surface area contributed by atoms with Gasteiger partial charge in [0.2, 0.25) is 0 Å². The molecule has 0 amide bonds. The zero-order valence-electron chi connectivity index (χ0n) is 23.9. The quantitative estimate of drug-likeness (QED) is 0.219. The lowest BCUT2D eigenvalue weighted by Crippen LogP contribution is -2.38. The standard InChI is InChI=1S/C34H52O/c1-9-10-11-16-27(2)19-14-20-28(3)17-12-13-18-29(4)21-15-22-30(5)23-24-33-31(6)25-32(35)26-34(33,7)8/h12-15,17-24,31-33,35H,9-11,16,25-26H2,1-8H3/b13-12+,20-14+,21-15+,24-23+,27-19+,28-17+,29-18+,30-22+/t31?,32-,33?/m1/s1. The van der Waals surface area contributed by atoms with Crippen molar-refractivity contribution in [3.05, 3.63) is 95.2 Å². The second-order valence-electron chi connectivity index (χ2n) is 11.2. The van der Waals surface area contributed by atoms with Crippen LogP contribution < -0.4 is 0 Å². The van der Waals surface area contributed by atoms with Gasteiger partial charge in [-0.25, -0.2) is 0 Å². The Morgan fingerprint density at radius 1 is 0.800 bits per heavy atom. The van der Waals surface area contributed by atoms with E-state index >= 15 is 0 Å². The molecule has 1 saturated carbocycles. The zero-order valence-corrected chi connectivity index (χ0v) is 23.9. The van der Waals surface area contributed by atoms with Crippen LogP contribution in [0.3, 0.4) is 0 Å². The van der Waals surface area contributed by atoms with Gasteiger partial charge in [-0.3, -0.25) is 0 Å². The van der Waals surface area contributed by atoms with Crippen molar-refractivity contribution in [3.8, 4) is 0 Å². The molecule has 1 aliphatic rings. The average molecular weight is 477 g/mol. The number of unbranched alkanes of at least 4 members (excludes halogenated alkanes) is 2. The third-order valence-corrected chi connectivity index (χ3v) is 6.95. The molecule has 2 unspecified atom stereocenters. The van der Waals surface area contributed by atoms with Crippen molar-refractivity contribution < 1.29 is 5.11 Å². The fraction of sp³-hybridized carbons (Fsp3) is 0.529. The summed E-state index contributed by atoms with van der Waals surface area (Å²) in [5, 5.41) is 10.1. The van der Waals surface area contributed by atoms with Crippen molar-refractivity contribution in [1.29, 1.82) is 0 Å². The van der Waals surface area contributed by atoms with Gasteiger partial charge in [0.15, 0.2) is 0 Å². The van der Waals surface area contributed by atoms with E-state index in [1.807, 2.05) is 0 Å². The van der Waals surface area contributed by atoms with E-state index in [4.69, 9.17) is 0 Å². The first kappa shape index (κ1) is 30.9. The molecule has 35 heavy (non-hydrogen) atoms. The third-order valence-electron chi connectivity index (χ3n) is 6.95. The Bertz CT molecular complexity index is 866. The molecule has 0 bridgehead atoms. The summed E-state index contributed by atoms with van der Waals surface area (Å²) in [4.78, 5) is 0. The second-order valence-corrected chi connectivity index (χ2v) is 11.2. The summed E-state index contributed by atoms with van der Waals surface area (Å²) in [5.41, 5.74) is 5.31. The van der Waals surface area contributed by atoms with Crippen molar-refractivity contribution in [2.75, 3.05) is 0 Å². The van der Waals surface area contributed by atoms with Crippen LogP contribution in [-0.4, -0.2) is 11.2 Å². The molecule has 1 rings (SSSR count). The number of hydrogen-bond donors (Lipinski definition) is 1. The monoisotopic (exact) mass is 476 g/mol. The van der Waals surface area contributed by atoms with E-state index < -0.39 is 0 Å². The van der Waals surface area contributed by atoms with E-state index in [9.17, 15) is 5.11 Å². The highest BCUT2D eigenvalue weighted by Gasteiger charge is 2.38. The molecule has 1 heteroatoms. The van der Waals surface area contributed by atoms with Crippen LogP contribution in [0.5, 0.6) is 0 Å². The third kappa shape index (κ3) is 13.5. The van der Waals surface area contributed by atoms with Gasteiger partial charge in [-0.2, -0.15) is 0 Å². The van der Waals surface area contributed by atoms with Crippen LogP contribution in [0.25, 0.3) is 0 Å². The highest BCUT2D eigenvalue weighted by Crippen LogP contribution is 2.44. The first-order valence-electron chi connectivity index (χ1n) is 13.6. The maximum absolute atomic E-state index is 10.1. The zero-order chi connectivity index (χ0) is 26.3.